The minimum absolute atomic E-state index is 0. The maximum absolute atomic E-state index is 5.69. The Morgan fingerprint density at radius 2 is 1.96 bits per heavy atom. The molecule has 4 nitrogen and oxygen atoms in total. The predicted octanol–water partition coefficient (Wildman–Crippen LogP) is 0.283. The molecule has 0 fully saturated rings. The van der Waals surface area contributed by atoms with Crippen LogP contribution < -0.4 is 33.5 Å². The largest absolute Gasteiger partial charge is 1.00 e. The van der Waals surface area contributed by atoms with Crippen molar-refractivity contribution in [2.75, 3.05) is 27.3 Å². The van der Waals surface area contributed by atoms with Gasteiger partial charge < -0.3 is 37.9 Å². The first kappa shape index (κ1) is 18.6. The molecule has 24 heavy (non-hydrogen) atoms. The van der Waals surface area contributed by atoms with Crippen LogP contribution in [0.3, 0.4) is 0 Å². The molecule has 128 valence electrons. The van der Waals surface area contributed by atoms with Gasteiger partial charge in [0.1, 0.15) is 6.54 Å². The number of hydrogen-bond acceptors (Lipinski definition) is 3. The van der Waals surface area contributed by atoms with Gasteiger partial charge in [0.05, 0.1) is 26.0 Å². The molecule has 1 aromatic heterocycles. The number of nitrogens with zero attached hydrogens (tertiary/aromatic N) is 1. The molecule has 0 unspecified atom stereocenters. The van der Waals surface area contributed by atoms with Crippen molar-refractivity contribution >= 4 is 5.71 Å². The molecule has 0 N–H and O–H groups in total. The first-order chi connectivity index (χ1) is 11.1. The normalized spacial score (nSPS) is 13.1. The van der Waals surface area contributed by atoms with E-state index in [9.17, 15) is 0 Å². The van der Waals surface area contributed by atoms with Gasteiger partial charge in [-0.1, -0.05) is 6.58 Å². The summed E-state index contributed by atoms with van der Waals surface area (Å²) >= 11 is 0. The van der Waals surface area contributed by atoms with Crippen LogP contribution in [0.1, 0.15) is 23.8 Å². The Morgan fingerprint density at radius 1 is 1.25 bits per heavy atom. The molecule has 3 rings (SSSR count). The summed E-state index contributed by atoms with van der Waals surface area (Å²) in [5, 5.41) is 0. The van der Waals surface area contributed by atoms with Crippen LogP contribution >= 0.6 is 0 Å². The molecule has 1 aliphatic heterocycles. The fraction of sp³-hybridized carbons (Fsp3) is 0.316. The Hall–Kier alpha value is -1.76. The summed E-state index contributed by atoms with van der Waals surface area (Å²) in [5.74, 6) is 2.35. The van der Waals surface area contributed by atoms with Crippen molar-refractivity contribution in [3.63, 3.8) is 0 Å². The number of hydrogen-bond donors (Lipinski definition) is 0. The number of halogens is 1. The molecule has 0 spiro atoms. The Morgan fingerprint density at radius 3 is 2.54 bits per heavy atom. The number of benzene rings is 1. The molecule has 0 bridgehead atoms. The van der Waals surface area contributed by atoms with Gasteiger partial charge in [0.2, 0.25) is 0 Å². The van der Waals surface area contributed by atoms with Crippen LogP contribution in [-0.2, 0) is 6.42 Å². The third-order valence-corrected chi connectivity index (χ3v) is 4.05. The summed E-state index contributed by atoms with van der Waals surface area (Å²) in [4.78, 5) is 0. The summed E-state index contributed by atoms with van der Waals surface area (Å²) in [7, 11) is 3.32. The minimum atomic E-state index is 0. The van der Waals surface area contributed by atoms with E-state index in [-0.39, 0.29) is 24.0 Å². The van der Waals surface area contributed by atoms with Crippen LogP contribution in [0.15, 0.2) is 47.1 Å². The van der Waals surface area contributed by atoms with Crippen molar-refractivity contribution in [3.8, 4) is 11.5 Å². The Balaban J connectivity index is 0.00000208. The summed E-state index contributed by atoms with van der Waals surface area (Å²) in [5.41, 5.74) is 4.58. The quantitative estimate of drug-likeness (QED) is 0.382. The van der Waals surface area contributed by atoms with E-state index in [1.165, 1.54) is 5.56 Å². The van der Waals surface area contributed by atoms with E-state index in [1.54, 1.807) is 20.5 Å². The van der Waals surface area contributed by atoms with Crippen LogP contribution in [0, 0.1) is 0 Å². The SMILES string of the molecule is C=C(C)C[N+]1=C(c2ccco2)c2cc(OC)c(OC)cc2CC1.[I-]. The van der Waals surface area contributed by atoms with Gasteiger partial charge in [-0.15, -0.1) is 0 Å². The van der Waals surface area contributed by atoms with Gasteiger partial charge in [0.15, 0.2) is 23.8 Å². The second-order valence-electron chi connectivity index (χ2n) is 5.82. The fourth-order valence-corrected chi connectivity index (χ4v) is 3.07. The zero-order valence-electron chi connectivity index (χ0n) is 14.3. The van der Waals surface area contributed by atoms with Gasteiger partial charge in [-0.2, -0.15) is 0 Å². The van der Waals surface area contributed by atoms with Crippen LogP contribution in [0.4, 0.5) is 0 Å². The molecular weight excluding hydrogens is 417 g/mol. The van der Waals surface area contributed by atoms with E-state index in [4.69, 9.17) is 13.9 Å². The Kier molecular flexibility index (Phi) is 6.10. The third kappa shape index (κ3) is 3.50. The fourth-order valence-electron chi connectivity index (χ4n) is 3.07. The summed E-state index contributed by atoms with van der Waals surface area (Å²) < 4.78 is 18.9. The molecule has 5 heteroatoms. The van der Waals surface area contributed by atoms with E-state index >= 15 is 0 Å². The third-order valence-electron chi connectivity index (χ3n) is 4.05. The number of ether oxygens (including phenoxy) is 2. The minimum Gasteiger partial charge on any atom is -1.00 e. The lowest BCUT2D eigenvalue weighted by atomic mass is 9.94. The zero-order chi connectivity index (χ0) is 16.4. The van der Waals surface area contributed by atoms with Crippen LogP contribution in [0.25, 0.3) is 0 Å². The molecule has 1 aromatic carbocycles. The maximum Gasteiger partial charge on any atom is 0.250 e. The van der Waals surface area contributed by atoms with Crippen molar-refractivity contribution in [1.82, 2.24) is 0 Å². The predicted molar refractivity (Wildman–Crippen MR) is 90.0 cm³/mol. The first-order valence-corrected chi connectivity index (χ1v) is 7.69. The first-order valence-electron chi connectivity index (χ1n) is 7.69. The highest BCUT2D eigenvalue weighted by molar-refractivity contribution is 6.09. The molecule has 1 aliphatic rings. The molecular formula is C19H22INO3. The number of furan rings is 1. The van der Waals surface area contributed by atoms with E-state index < -0.39 is 0 Å². The highest BCUT2D eigenvalue weighted by Gasteiger charge is 2.30. The van der Waals surface area contributed by atoms with Crippen molar-refractivity contribution in [1.29, 1.82) is 0 Å². The van der Waals surface area contributed by atoms with Gasteiger partial charge in [0, 0.05) is 6.42 Å². The van der Waals surface area contributed by atoms with E-state index in [1.807, 2.05) is 25.1 Å². The van der Waals surface area contributed by atoms with Gasteiger partial charge in [-0.05, 0) is 42.3 Å². The molecule has 2 aromatic rings. The van der Waals surface area contributed by atoms with Gasteiger partial charge in [-0.3, -0.25) is 0 Å². The molecule has 0 saturated carbocycles. The van der Waals surface area contributed by atoms with E-state index in [0.717, 1.165) is 53.6 Å². The van der Waals surface area contributed by atoms with Crippen molar-refractivity contribution in [2.24, 2.45) is 0 Å². The smallest absolute Gasteiger partial charge is 0.250 e. The number of fused-ring (bicyclic) bond motifs is 1. The lowest BCUT2D eigenvalue weighted by Gasteiger charge is -2.20. The Bertz CT molecular complexity index is 763. The number of methoxy groups -OCH3 is 2. The van der Waals surface area contributed by atoms with Crippen molar-refractivity contribution in [3.05, 3.63) is 59.6 Å². The van der Waals surface area contributed by atoms with Gasteiger partial charge in [0.25, 0.3) is 5.71 Å². The average Bonchev–Trinajstić information content (AvgIpc) is 3.06. The summed E-state index contributed by atoms with van der Waals surface area (Å²) in [6, 6.07) is 8.01. The van der Waals surface area contributed by atoms with E-state index in [2.05, 4.69) is 17.2 Å². The topological polar surface area (TPSA) is 34.6 Å². The molecule has 2 heterocycles. The highest BCUT2D eigenvalue weighted by atomic mass is 127. The second-order valence-corrected chi connectivity index (χ2v) is 5.82. The van der Waals surface area contributed by atoms with Crippen LogP contribution in [-0.4, -0.2) is 37.6 Å². The van der Waals surface area contributed by atoms with Crippen molar-refractivity contribution in [2.45, 2.75) is 13.3 Å². The maximum atomic E-state index is 5.69. The molecule has 0 aliphatic carbocycles. The lowest BCUT2D eigenvalue weighted by molar-refractivity contribution is -0.520. The zero-order valence-corrected chi connectivity index (χ0v) is 16.4. The molecule has 0 amide bonds. The van der Waals surface area contributed by atoms with Gasteiger partial charge in [-0.25, -0.2) is 4.58 Å². The Labute approximate surface area is 159 Å². The summed E-state index contributed by atoms with van der Waals surface area (Å²) in [6.07, 6.45) is 2.66. The average molecular weight is 439 g/mol. The standard InChI is InChI=1S/C19H22NO3.HI/c1-13(2)12-20-8-7-14-10-17(21-3)18(22-4)11-15(14)19(20)16-6-5-9-23-16;/h5-6,9-11H,1,7-8,12H2,2-4H3;1H/q+1;/p-1. The van der Waals surface area contributed by atoms with E-state index in [0.29, 0.717) is 0 Å². The van der Waals surface area contributed by atoms with Crippen LogP contribution in [0.2, 0.25) is 0 Å². The van der Waals surface area contributed by atoms with Crippen molar-refractivity contribution < 1.29 is 42.4 Å². The highest BCUT2D eigenvalue weighted by Crippen LogP contribution is 2.33. The second kappa shape index (κ2) is 7.88. The molecule has 0 atom stereocenters. The molecule has 0 radical (unpaired) electrons. The summed E-state index contributed by atoms with van der Waals surface area (Å²) in [6.45, 7) is 7.83. The molecule has 0 saturated heterocycles. The lowest BCUT2D eigenvalue weighted by Crippen LogP contribution is -3.00. The monoisotopic (exact) mass is 439 g/mol. The van der Waals surface area contributed by atoms with Gasteiger partial charge >= 0.3 is 0 Å². The number of rotatable bonds is 5. The van der Waals surface area contributed by atoms with Crippen LogP contribution in [0.5, 0.6) is 11.5 Å².